The number of hydrogen-bond donors (Lipinski definition) is 1. The quantitative estimate of drug-likeness (QED) is 0.354. The third kappa shape index (κ3) is 7.09. The number of unbranched alkanes of at least 4 members (excludes halogenated alkanes) is 1. The zero-order chi connectivity index (χ0) is 21.0. The molecule has 150 valence electrons. The van der Waals surface area contributed by atoms with Crippen LogP contribution >= 0.6 is 11.9 Å². The first-order chi connectivity index (χ1) is 12.8. The van der Waals surface area contributed by atoms with E-state index in [2.05, 4.69) is 92.6 Å². The molecule has 3 nitrogen and oxygen atoms in total. The average molecular weight is 387 g/mol. The van der Waals surface area contributed by atoms with Gasteiger partial charge in [0.05, 0.1) is 4.75 Å². The van der Waals surface area contributed by atoms with Crippen molar-refractivity contribution in [1.29, 1.82) is 0 Å². The van der Waals surface area contributed by atoms with Crippen molar-refractivity contribution in [3.8, 4) is 0 Å². The lowest BCUT2D eigenvalue weighted by Crippen LogP contribution is -2.58. The Morgan fingerprint density at radius 3 is 2.33 bits per heavy atom. The zero-order valence-corrected chi connectivity index (χ0v) is 19.4. The molecule has 6 heteroatoms. The zero-order valence-electron chi connectivity index (χ0n) is 18.6. The summed E-state index contributed by atoms with van der Waals surface area (Å²) in [7, 11) is 2.05. The largest absolute Gasteiger partial charge is 0.350 e. The summed E-state index contributed by atoms with van der Waals surface area (Å²) in [6.45, 7) is 24.6. The first kappa shape index (κ1) is 25.9. The molecule has 1 N–H and O–H groups in total. The molecule has 1 aliphatic heterocycles. The van der Waals surface area contributed by atoms with Gasteiger partial charge in [-0.3, -0.25) is 0 Å². The molecule has 27 heavy (non-hydrogen) atoms. The molecule has 0 fully saturated rings. The molecule has 1 aromatic rings. The number of anilines is 1. The van der Waals surface area contributed by atoms with Gasteiger partial charge in [-0.05, 0) is 59.2 Å². The second kappa shape index (κ2) is 13.1. The van der Waals surface area contributed by atoms with Gasteiger partial charge in [0.15, 0.2) is 0 Å². The van der Waals surface area contributed by atoms with Crippen molar-refractivity contribution < 1.29 is 0 Å². The normalized spacial score (nSPS) is 13.7. The van der Waals surface area contributed by atoms with Crippen molar-refractivity contribution in [2.75, 3.05) is 17.8 Å². The van der Waals surface area contributed by atoms with Gasteiger partial charge in [0, 0.05) is 5.69 Å². The van der Waals surface area contributed by atoms with Gasteiger partial charge in [-0.1, -0.05) is 56.4 Å². The van der Waals surface area contributed by atoms with Gasteiger partial charge >= 0.3 is 6.98 Å². The van der Waals surface area contributed by atoms with E-state index in [1.165, 1.54) is 24.1 Å². The molecular weight excluding hydrogens is 348 g/mol. The molecule has 0 atom stereocenters. The SMILES string of the molecule is C=C.C=CC.CCCCN(B(C)NC)B(C)N1SC(C)(C)c2ccccc21. The second-order valence-corrected chi connectivity index (χ2v) is 8.64. The van der Waals surface area contributed by atoms with Crippen LogP contribution < -0.4 is 9.44 Å². The van der Waals surface area contributed by atoms with Crippen molar-refractivity contribution in [2.45, 2.75) is 58.9 Å². The van der Waals surface area contributed by atoms with Crippen LogP contribution in [-0.4, -0.2) is 32.3 Å². The first-order valence-electron chi connectivity index (χ1n) is 9.91. The van der Waals surface area contributed by atoms with Crippen LogP contribution in [0.25, 0.3) is 0 Å². The lowest BCUT2D eigenvalue weighted by Gasteiger charge is -2.36. The maximum Gasteiger partial charge on any atom is 0.340 e. The van der Waals surface area contributed by atoms with Crippen LogP contribution in [0.4, 0.5) is 5.69 Å². The smallest absolute Gasteiger partial charge is 0.340 e. The summed E-state index contributed by atoms with van der Waals surface area (Å²) in [5, 5.41) is 3.41. The molecule has 2 rings (SSSR count). The molecule has 1 heterocycles. The van der Waals surface area contributed by atoms with Crippen molar-refractivity contribution in [3.63, 3.8) is 0 Å². The van der Waals surface area contributed by atoms with Gasteiger partial charge in [-0.15, -0.1) is 19.7 Å². The number of allylic oxidation sites excluding steroid dienone is 1. The Balaban J connectivity index is 0.00000123. The molecule has 0 bridgehead atoms. The second-order valence-electron chi connectivity index (χ2n) is 7.04. The third-order valence-corrected chi connectivity index (χ3v) is 6.00. The number of para-hydroxylation sites is 1. The molecule has 0 radical (unpaired) electrons. The van der Waals surface area contributed by atoms with Crippen molar-refractivity contribution in [3.05, 3.63) is 55.6 Å². The van der Waals surface area contributed by atoms with E-state index in [0.29, 0.717) is 14.0 Å². The predicted molar refractivity (Wildman–Crippen MR) is 131 cm³/mol. The van der Waals surface area contributed by atoms with Crippen LogP contribution in [0.1, 0.15) is 46.1 Å². The summed E-state index contributed by atoms with van der Waals surface area (Å²) in [5.41, 5.74) is 2.81. The van der Waals surface area contributed by atoms with Crippen LogP contribution in [0.15, 0.2) is 50.1 Å². The topological polar surface area (TPSA) is 18.5 Å². The average Bonchev–Trinajstić information content (AvgIpc) is 2.95. The number of benzene rings is 1. The summed E-state index contributed by atoms with van der Waals surface area (Å²) in [6.07, 6.45) is 4.22. The number of nitrogens with one attached hydrogen (secondary N) is 1. The van der Waals surface area contributed by atoms with E-state index >= 15 is 0 Å². The minimum absolute atomic E-state index is 0.143. The fourth-order valence-electron chi connectivity index (χ4n) is 3.14. The van der Waals surface area contributed by atoms with Crippen molar-refractivity contribution in [1.82, 2.24) is 9.95 Å². The van der Waals surface area contributed by atoms with E-state index in [0.717, 1.165) is 6.54 Å². The number of rotatable bonds is 7. The molecular formula is C21H39B2N3S. The molecule has 1 aliphatic rings. The highest BCUT2D eigenvalue weighted by atomic mass is 32.2. The van der Waals surface area contributed by atoms with Gasteiger partial charge in [0.2, 0.25) is 0 Å². The molecule has 0 spiro atoms. The van der Waals surface area contributed by atoms with Gasteiger partial charge < -0.3 is 14.2 Å². The van der Waals surface area contributed by atoms with E-state index in [1.807, 2.05) is 25.9 Å². The van der Waals surface area contributed by atoms with E-state index in [-0.39, 0.29) is 4.75 Å². The lowest BCUT2D eigenvalue weighted by atomic mass is 9.62. The molecule has 0 amide bonds. The number of nitrogens with zero attached hydrogens (tertiary/aromatic N) is 2. The highest BCUT2D eigenvalue weighted by Gasteiger charge is 2.42. The summed E-state index contributed by atoms with van der Waals surface area (Å²) in [4.78, 5) is 0. The Kier molecular flexibility index (Phi) is 12.6. The summed E-state index contributed by atoms with van der Waals surface area (Å²) in [5.74, 6) is 0. The Bertz CT molecular complexity index is 554. The van der Waals surface area contributed by atoms with Crippen LogP contribution in [0.2, 0.25) is 13.6 Å². The molecule has 0 unspecified atom stereocenters. The Morgan fingerprint density at radius 2 is 1.81 bits per heavy atom. The van der Waals surface area contributed by atoms with Gasteiger partial charge in [-0.25, -0.2) is 0 Å². The summed E-state index contributed by atoms with van der Waals surface area (Å²) < 4.78 is 5.21. The molecule has 0 saturated heterocycles. The van der Waals surface area contributed by atoms with Crippen LogP contribution in [0, 0.1) is 0 Å². The van der Waals surface area contributed by atoms with Crippen LogP contribution in [0.3, 0.4) is 0 Å². The fourth-order valence-corrected chi connectivity index (χ4v) is 4.44. The molecule has 1 aromatic carbocycles. The number of hydrogen-bond acceptors (Lipinski definition) is 4. The fraction of sp³-hybridized carbons (Fsp3) is 0.524. The lowest BCUT2D eigenvalue weighted by molar-refractivity contribution is 0.586. The number of fused-ring (bicyclic) bond motifs is 1. The molecule has 0 aromatic heterocycles. The monoisotopic (exact) mass is 387 g/mol. The third-order valence-electron chi connectivity index (χ3n) is 4.62. The van der Waals surface area contributed by atoms with Crippen molar-refractivity contribution >= 4 is 31.6 Å². The first-order valence-corrected chi connectivity index (χ1v) is 10.7. The maximum atomic E-state index is 3.41. The van der Waals surface area contributed by atoms with E-state index in [9.17, 15) is 0 Å². The Labute approximate surface area is 174 Å². The van der Waals surface area contributed by atoms with Crippen LogP contribution in [0.5, 0.6) is 0 Å². The summed E-state index contributed by atoms with van der Waals surface area (Å²) in [6, 6.07) is 8.83. The van der Waals surface area contributed by atoms with Crippen LogP contribution in [-0.2, 0) is 4.75 Å². The maximum absolute atomic E-state index is 3.41. The van der Waals surface area contributed by atoms with Gasteiger partial charge in [0.25, 0.3) is 6.98 Å². The minimum Gasteiger partial charge on any atom is -0.350 e. The molecule has 0 aliphatic carbocycles. The molecule has 0 saturated carbocycles. The standard InChI is InChI=1S/C16H29B2N3S.C3H6.C2H4/c1-7-8-13-20(17(4)19-6)18(5)21-15-12-10-9-11-14(15)16(2,3)22-21;1-3-2;1-2/h9-12,19H,7-8,13H2,1-6H3;3H,1H2,2H3;1-2H2. The Hall–Kier alpha value is -1.10. The van der Waals surface area contributed by atoms with Gasteiger partial charge in [-0.2, -0.15) is 0 Å². The van der Waals surface area contributed by atoms with E-state index in [4.69, 9.17) is 0 Å². The highest BCUT2D eigenvalue weighted by Crippen LogP contribution is 2.51. The summed E-state index contributed by atoms with van der Waals surface area (Å²) >= 11 is 1.96. The highest BCUT2D eigenvalue weighted by molar-refractivity contribution is 8.03. The van der Waals surface area contributed by atoms with Crippen molar-refractivity contribution in [2.24, 2.45) is 0 Å². The van der Waals surface area contributed by atoms with Gasteiger partial charge in [0.1, 0.15) is 0 Å². The predicted octanol–water partition coefficient (Wildman–Crippen LogP) is 5.94. The van der Waals surface area contributed by atoms with E-state index in [1.54, 1.807) is 6.08 Å². The Morgan fingerprint density at radius 1 is 1.26 bits per heavy atom. The minimum atomic E-state index is 0.143. The van der Waals surface area contributed by atoms with E-state index < -0.39 is 0 Å².